The molecule has 0 bridgehead atoms. The fraction of sp³-hybridized carbons (Fsp3) is 0.632. The van der Waals surface area contributed by atoms with Gasteiger partial charge in [0.05, 0.1) is 6.10 Å². The molecule has 1 heterocycles. The van der Waals surface area contributed by atoms with E-state index in [-0.39, 0.29) is 36.9 Å². The van der Waals surface area contributed by atoms with E-state index >= 15 is 0 Å². The van der Waals surface area contributed by atoms with Gasteiger partial charge < -0.3 is 19.8 Å². The standard InChI is InChI=1S/C19H27NO4/c21-12-8-16-13-19(10-7-17(16)22)9-4-11-20(19)18(23)24-14-15-5-2-1-3-6-15/h1-3,5-6,16-17,21-22H,4,7-14H2/t16-,17-,19+/m1/s1. The summed E-state index contributed by atoms with van der Waals surface area (Å²) in [6.45, 7) is 1.08. The van der Waals surface area contributed by atoms with E-state index in [2.05, 4.69) is 0 Å². The molecule has 3 atom stereocenters. The van der Waals surface area contributed by atoms with Crippen LogP contribution in [-0.2, 0) is 11.3 Å². The van der Waals surface area contributed by atoms with Crippen molar-refractivity contribution in [2.45, 2.75) is 56.8 Å². The van der Waals surface area contributed by atoms with Crippen molar-refractivity contribution in [2.24, 2.45) is 5.92 Å². The maximum Gasteiger partial charge on any atom is 0.410 e. The summed E-state index contributed by atoms with van der Waals surface area (Å²) in [4.78, 5) is 14.5. The number of likely N-dealkylation sites (tertiary alicyclic amines) is 1. The molecule has 1 saturated heterocycles. The fourth-order valence-corrected chi connectivity index (χ4v) is 4.33. The molecule has 132 valence electrons. The molecule has 1 aromatic rings. The highest BCUT2D eigenvalue weighted by molar-refractivity contribution is 5.69. The van der Waals surface area contributed by atoms with Crippen LogP contribution in [-0.4, -0.2) is 46.0 Å². The van der Waals surface area contributed by atoms with Crippen LogP contribution < -0.4 is 0 Å². The van der Waals surface area contributed by atoms with Crippen molar-refractivity contribution < 1.29 is 19.7 Å². The van der Waals surface area contributed by atoms with Crippen molar-refractivity contribution in [3.63, 3.8) is 0 Å². The van der Waals surface area contributed by atoms with Gasteiger partial charge in [-0.3, -0.25) is 0 Å². The molecule has 1 spiro atoms. The minimum atomic E-state index is -0.370. The Balaban J connectivity index is 1.64. The Bertz CT molecular complexity index is 550. The molecule has 5 heteroatoms. The summed E-state index contributed by atoms with van der Waals surface area (Å²) in [5.41, 5.74) is 0.781. The molecule has 1 amide bonds. The van der Waals surface area contributed by atoms with Gasteiger partial charge in [0.1, 0.15) is 6.61 Å². The van der Waals surface area contributed by atoms with Gasteiger partial charge in [-0.25, -0.2) is 4.79 Å². The molecular formula is C19H27NO4. The van der Waals surface area contributed by atoms with Crippen molar-refractivity contribution in [1.82, 2.24) is 4.90 Å². The van der Waals surface area contributed by atoms with Crippen LogP contribution in [0.5, 0.6) is 0 Å². The van der Waals surface area contributed by atoms with Crippen LogP contribution in [0.2, 0.25) is 0 Å². The van der Waals surface area contributed by atoms with Crippen LogP contribution >= 0.6 is 0 Å². The van der Waals surface area contributed by atoms with Gasteiger partial charge in [0.15, 0.2) is 0 Å². The Morgan fingerprint density at radius 2 is 2.08 bits per heavy atom. The summed E-state index contributed by atoms with van der Waals surface area (Å²) < 4.78 is 5.54. The molecule has 2 fully saturated rings. The number of ether oxygens (including phenoxy) is 1. The van der Waals surface area contributed by atoms with E-state index in [1.807, 2.05) is 35.2 Å². The van der Waals surface area contributed by atoms with Gasteiger partial charge in [-0.1, -0.05) is 30.3 Å². The maximum absolute atomic E-state index is 12.6. The molecule has 0 radical (unpaired) electrons. The minimum absolute atomic E-state index is 0.0614. The van der Waals surface area contributed by atoms with Crippen molar-refractivity contribution in [1.29, 1.82) is 0 Å². The summed E-state index contributed by atoms with van der Waals surface area (Å²) in [6.07, 6.45) is 4.17. The van der Waals surface area contributed by atoms with Crippen molar-refractivity contribution in [3.05, 3.63) is 35.9 Å². The van der Waals surface area contributed by atoms with E-state index < -0.39 is 0 Å². The lowest BCUT2D eigenvalue weighted by Gasteiger charge is -2.45. The number of benzene rings is 1. The summed E-state index contributed by atoms with van der Waals surface area (Å²) in [5, 5.41) is 19.4. The number of rotatable bonds is 4. The van der Waals surface area contributed by atoms with Crippen LogP contribution in [0, 0.1) is 5.92 Å². The Labute approximate surface area is 143 Å². The zero-order chi connectivity index (χ0) is 17.0. The summed E-state index contributed by atoms with van der Waals surface area (Å²) in [5.74, 6) is 0.0614. The number of carbonyl (C=O) groups is 1. The predicted molar refractivity (Wildman–Crippen MR) is 90.3 cm³/mol. The number of amides is 1. The lowest BCUT2D eigenvalue weighted by atomic mass is 9.72. The second-order valence-corrected chi connectivity index (χ2v) is 7.10. The summed E-state index contributed by atoms with van der Waals surface area (Å²) >= 11 is 0. The second kappa shape index (κ2) is 7.53. The van der Waals surface area contributed by atoms with Crippen molar-refractivity contribution >= 4 is 6.09 Å². The number of aliphatic hydroxyl groups is 2. The molecule has 1 aromatic carbocycles. The molecule has 2 aliphatic rings. The molecule has 1 saturated carbocycles. The first-order chi connectivity index (χ1) is 11.6. The predicted octanol–water partition coefficient (Wildman–Crippen LogP) is 2.70. The molecule has 24 heavy (non-hydrogen) atoms. The van der Waals surface area contributed by atoms with Gasteiger partial charge >= 0.3 is 6.09 Å². The van der Waals surface area contributed by atoms with Crippen LogP contribution in [0.4, 0.5) is 4.79 Å². The molecule has 5 nitrogen and oxygen atoms in total. The Hall–Kier alpha value is -1.59. The first-order valence-electron chi connectivity index (χ1n) is 8.92. The van der Waals surface area contributed by atoms with Crippen LogP contribution in [0.1, 0.15) is 44.1 Å². The highest BCUT2D eigenvalue weighted by atomic mass is 16.6. The largest absolute Gasteiger partial charge is 0.445 e. The van der Waals surface area contributed by atoms with Crippen LogP contribution in [0.3, 0.4) is 0 Å². The topological polar surface area (TPSA) is 70.0 Å². The van der Waals surface area contributed by atoms with E-state index in [0.717, 1.165) is 37.8 Å². The highest BCUT2D eigenvalue weighted by Crippen LogP contribution is 2.45. The third kappa shape index (κ3) is 3.57. The zero-order valence-electron chi connectivity index (χ0n) is 14.1. The van der Waals surface area contributed by atoms with Gasteiger partial charge in [0.2, 0.25) is 0 Å². The SMILES string of the molecule is O=C(OCc1ccccc1)N1CCC[C@@]12CC[C@@H](O)[C@H](CCO)C2. The molecule has 0 unspecified atom stereocenters. The van der Waals surface area contributed by atoms with E-state index in [1.54, 1.807) is 0 Å². The summed E-state index contributed by atoms with van der Waals surface area (Å²) in [6, 6.07) is 9.70. The van der Waals surface area contributed by atoms with E-state index in [9.17, 15) is 15.0 Å². The first kappa shape index (κ1) is 17.2. The number of hydrogen-bond acceptors (Lipinski definition) is 4. The molecule has 1 aliphatic carbocycles. The molecule has 0 aromatic heterocycles. The number of aliphatic hydroxyl groups excluding tert-OH is 2. The summed E-state index contributed by atoms with van der Waals surface area (Å²) in [7, 11) is 0. The average molecular weight is 333 g/mol. The van der Waals surface area contributed by atoms with E-state index in [4.69, 9.17) is 4.74 Å². The van der Waals surface area contributed by atoms with Gasteiger partial charge in [-0.05, 0) is 50.0 Å². The third-order valence-electron chi connectivity index (χ3n) is 5.61. The smallest absolute Gasteiger partial charge is 0.410 e. The molecular weight excluding hydrogens is 306 g/mol. The van der Waals surface area contributed by atoms with Crippen molar-refractivity contribution in [3.8, 4) is 0 Å². The lowest BCUT2D eigenvalue weighted by Crippen LogP contribution is -2.52. The monoisotopic (exact) mass is 333 g/mol. The number of hydrogen-bond donors (Lipinski definition) is 2. The Kier molecular flexibility index (Phi) is 5.41. The van der Waals surface area contributed by atoms with E-state index in [1.165, 1.54) is 0 Å². The maximum atomic E-state index is 12.6. The lowest BCUT2D eigenvalue weighted by molar-refractivity contribution is -0.0204. The zero-order valence-corrected chi connectivity index (χ0v) is 14.1. The third-order valence-corrected chi connectivity index (χ3v) is 5.61. The molecule has 3 rings (SSSR count). The number of carbonyl (C=O) groups excluding carboxylic acids is 1. The van der Waals surface area contributed by atoms with Gasteiger partial charge in [0.25, 0.3) is 0 Å². The normalized spacial score (nSPS) is 29.8. The van der Waals surface area contributed by atoms with Gasteiger partial charge in [-0.2, -0.15) is 0 Å². The fourth-order valence-electron chi connectivity index (χ4n) is 4.33. The Morgan fingerprint density at radius 3 is 2.83 bits per heavy atom. The van der Waals surface area contributed by atoms with E-state index in [0.29, 0.717) is 12.8 Å². The van der Waals surface area contributed by atoms with Gasteiger partial charge in [-0.15, -0.1) is 0 Å². The van der Waals surface area contributed by atoms with Crippen molar-refractivity contribution in [2.75, 3.05) is 13.2 Å². The Morgan fingerprint density at radius 1 is 1.29 bits per heavy atom. The van der Waals surface area contributed by atoms with Crippen LogP contribution in [0.15, 0.2) is 30.3 Å². The first-order valence-corrected chi connectivity index (χ1v) is 8.92. The molecule has 2 N–H and O–H groups in total. The number of nitrogens with zero attached hydrogens (tertiary/aromatic N) is 1. The average Bonchev–Trinajstić information content (AvgIpc) is 3.01. The highest BCUT2D eigenvalue weighted by Gasteiger charge is 2.49. The second-order valence-electron chi connectivity index (χ2n) is 7.10. The molecule has 1 aliphatic heterocycles. The minimum Gasteiger partial charge on any atom is -0.445 e. The van der Waals surface area contributed by atoms with Gasteiger partial charge in [0, 0.05) is 18.7 Å². The van der Waals surface area contributed by atoms with Crippen LogP contribution in [0.25, 0.3) is 0 Å². The quantitative estimate of drug-likeness (QED) is 0.889.